The molecule has 4 nitrogen and oxygen atoms in total. The lowest BCUT2D eigenvalue weighted by Crippen LogP contribution is -2.36. The average Bonchev–Trinajstić information content (AvgIpc) is 2.93. The molecule has 1 saturated heterocycles. The molecule has 1 aromatic carbocycles. The fourth-order valence-corrected chi connectivity index (χ4v) is 3.57. The van der Waals surface area contributed by atoms with E-state index in [1.54, 1.807) is 29.0 Å². The Morgan fingerprint density at radius 2 is 1.96 bits per heavy atom. The molecule has 3 rings (SSSR count). The van der Waals surface area contributed by atoms with E-state index in [2.05, 4.69) is 0 Å². The van der Waals surface area contributed by atoms with E-state index in [4.69, 9.17) is 0 Å². The fourth-order valence-electron chi connectivity index (χ4n) is 3.57. The summed E-state index contributed by atoms with van der Waals surface area (Å²) in [6.07, 6.45) is -1.49. The molecule has 0 radical (unpaired) electrons. The van der Waals surface area contributed by atoms with Crippen molar-refractivity contribution < 1.29 is 22.8 Å². The van der Waals surface area contributed by atoms with Crippen LogP contribution in [-0.2, 0) is 15.8 Å². The van der Waals surface area contributed by atoms with E-state index in [0.29, 0.717) is 31.5 Å². The van der Waals surface area contributed by atoms with Crippen molar-refractivity contribution in [1.29, 1.82) is 0 Å². The SMILES string of the molecule is CN1CCC(CC(=O)N2CC=C(c3ccccc3C(F)(F)F)CC2)C1=O. The van der Waals surface area contributed by atoms with Gasteiger partial charge in [0.15, 0.2) is 0 Å². The van der Waals surface area contributed by atoms with Gasteiger partial charge in [-0.05, 0) is 30.0 Å². The first-order chi connectivity index (χ1) is 12.3. The molecule has 2 aliphatic rings. The molecule has 0 N–H and O–H groups in total. The van der Waals surface area contributed by atoms with Gasteiger partial charge in [0.1, 0.15) is 0 Å². The van der Waals surface area contributed by atoms with Gasteiger partial charge in [-0.3, -0.25) is 9.59 Å². The van der Waals surface area contributed by atoms with E-state index in [0.717, 1.165) is 6.07 Å². The van der Waals surface area contributed by atoms with Gasteiger partial charge in [0.05, 0.1) is 5.56 Å². The van der Waals surface area contributed by atoms with E-state index in [-0.39, 0.29) is 36.3 Å². The third kappa shape index (κ3) is 3.76. The number of rotatable bonds is 3. The second-order valence-electron chi connectivity index (χ2n) is 6.81. The summed E-state index contributed by atoms with van der Waals surface area (Å²) in [7, 11) is 1.72. The molecule has 0 spiro atoms. The van der Waals surface area contributed by atoms with Gasteiger partial charge in [0.2, 0.25) is 11.8 Å². The number of hydrogen-bond donors (Lipinski definition) is 0. The summed E-state index contributed by atoms with van der Waals surface area (Å²) in [5.74, 6) is -0.396. The first kappa shape index (κ1) is 18.5. The zero-order valence-corrected chi connectivity index (χ0v) is 14.6. The van der Waals surface area contributed by atoms with Crippen molar-refractivity contribution >= 4 is 17.4 Å². The van der Waals surface area contributed by atoms with Gasteiger partial charge in [-0.25, -0.2) is 0 Å². The molecular formula is C19H21F3N2O2. The quantitative estimate of drug-likeness (QED) is 0.824. The largest absolute Gasteiger partial charge is 0.416 e. The van der Waals surface area contributed by atoms with Crippen LogP contribution in [-0.4, -0.2) is 48.3 Å². The monoisotopic (exact) mass is 366 g/mol. The molecule has 1 atom stereocenters. The Hall–Kier alpha value is -2.31. The van der Waals surface area contributed by atoms with Gasteiger partial charge in [-0.15, -0.1) is 0 Å². The Kier molecular flexibility index (Phi) is 5.07. The van der Waals surface area contributed by atoms with Crippen LogP contribution in [0.1, 0.15) is 30.4 Å². The van der Waals surface area contributed by atoms with Crippen molar-refractivity contribution in [2.24, 2.45) is 5.92 Å². The lowest BCUT2D eigenvalue weighted by Gasteiger charge is -2.28. The summed E-state index contributed by atoms with van der Waals surface area (Å²) in [6.45, 7) is 1.31. The zero-order chi connectivity index (χ0) is 18.9. The van der Waals surface area contributed by atoms with Crippen molar-refractivity contribution in [3.63, 3.8) is 0 Å². The van der Waals surface area contributed by atoms with Gasteiger partial charge < -0.3 is 9.80 Å². The maximum atomic E-state index is 13.2. The molecule has 0 bridgehead atoms. The van der Waals surface area contributed by atoms with Gasteiger partial charge in [-0.2, -0.15) is 13.2 Å². The predicted octanol–water partition coefficient (Wildman–Crippen LogP) is 3.19. The summed E-state index contributed by atoms with van der Waals surface area (Å²) in [5, 5.41) is 0. The number of carbonyl (C=O) groups is 2. The van der Waals surface area contributed by atoms with Gasteiger partial charge in [0.25, 0.3) is 0 Å². The van der Waals surface area contributed by atoms with Gasteiger partial charge in [-0.1, -0.05) is 24.3 Å². The molecule has 26 heavy (non-hydrogen) atoms. The highest BCUT2D eigenvalue weighted by Gasteiger charge is 2.35. The summed E-state index contributed by atoms with van der Waals surface area (Å²) >= 11 is 0. The fraction of sp³-hybridized carbons (Fsp3) is 0.474. The predicted molar refractivity (Wildman–Crippen MR) is 91.0 cm³/mol. The number of benzene rings is 1. The molecule has 1 fully saturated rings. The van der Waals surface area contributed by atoms with Crippen molar-refractivity contribution in [2.45, 2.75) is 25.4 Å². The zero-order valence-electron chi connectivity index (χ0n) is 14.6. The van der Waals surface area contributed by atoms with Crippen LogP contribution in [0, 0.1) is 5.92 Å². The Labute approximate surface area is 150 Å². The molecule has 7 heteroatoms. The number of halogens is 3. The van der Waals surface area contributed by atoms with Crippen LogP contribution < -0.4 is 0 Å². The van der Waals surface area contributed by atoms with E-state index in [1.807, 2.05) is 0 Å². The Balaban J connectivity index is 1.68. The highest BCUT2D eigenvalue weighted by atomic mass is 19.4. The molecule has 2 amide bonds. The van der Waals surface area contributed by atoms with Crippen molar-refractivity contribution in [3.8, 4) is 0 Å². The van der Waals surface area contributed by atoms with E-state index >= 15 is 0 Å². The summed E-state index contributed by atoms with van der Waals surface area (Å²) in [6, 6.07) is 5.52. The van der Waals surface area contributed by atoms with Gasteiger partial charge in [0, 0.05) is 39.0 Å². The van der Waals surface area contributed by atoms with Crippen molar-refractivity contribution in [3.05, 3.63) is 41.5 Å². The Morgan fingerprint density at radius 3 is 2.54 bits per heavy atom. The standard InChI is InChI=1S/C19H21F3N2O2/c1-23-9-6-14(18(23)26)12-17(25)24-10-7-13(8-11-24)15-4-2-3-5-16(15)19(20,21)22/h2-5,7,14H,6,8-12H2,1H3. The third-order valence-corrected chi connectivity index (χ3v) is 5.10. The molecule has 2 heterocycles. The van der Waals surface area contributed by atoms with Crippen LogP contribution >= 0.6 is 0 Å². The summed E-state index contributed by atoms with van der Waals surface area (Å²) in [5.41, 5.74) is 0.143. The van der Waals surface area contributed by atoms with Crippen molar-refractivity contribution in [2.75, 3.05) is 26.7 Å². The average molecular weight is 366 g/mol. The van der Waals surface area contributed by atoms with E-state index in [1.165, 1.54) is 12.1 Å². The van der Waals surface area contributed by atoms with Crippen LogP contribution in [0.5, 0.6) is 0 Å². The second-order valence-corrected chi connectivity index (χ2v) is 6.81. The second kappa shape index (κ2) is 7.13. The molecule has 0 saturated carbocycles. The molecular weight excluding hydrogens is 345 g/mol. The normalized spacial score (nSPS) is 21.2. The summed E-state index contributed by atoms with van der Waals surface area (Å²) < 4.78 is 39.5. The highest BCUT2D eigenvalue weighted by Crippen LogP contribution is 2.36. The first-order valence-electron chi connectivity index (χ1n) is 8.65. The molecule has 0 aromatic heterocycles. The smallest absolute Gasteiger partial charge is 0.345 e. The van der Waals surface area contributed by atoms with Crippen LogP contribution in [0.4, 0.5) is 13.2 Å². The maximum Gasteiger partial charge on any atom is 0.416 e. The number of carbonyl (C=O) groups excluding carboxylic acids is 2. The maximum absolute atomic E-state index is 13.2. The molecule has 1 unspecified atom stereocenters. The lowest BCUT2D eigenvalue weighted by molar-refractivity contribution is -0.138. The third-order valence-electron chi connectivity index (χ3n) is 5.10. The minimum Gasteiger partial charge on any atom is -0.345 e. The minimum atomic E-state index is -4.40. The highest BCUT2D eigenvalue weighted by molar-refractivity contribution is 5.87. The van der Waals surface area contributed by atoms with E-state index in [9.17, 15) is 22.8 Å². The Morgan fingerprint density at radius 1 is 1.23 bits per heavy atom. The number of nitrogens with zero attached hydrogens (tertiary/aromatic N) is 2. The first-order valence-corrected chi connectivity index (χ1v) is 8.65. The summed E-state index contributed by atoms with van der Waals surface area (Å²) in [4.78, 5) is 27.6. The lowest BCUT2D eigenvalue weighted by atomic mass is 9.94. The Bertz CT molecular complexity index is 743. The van der Waals surface area contributed by atoms with Crippen LogP contribution in [0.25, 0.3) is 5.57 Å². The number of hydrogen-bond acceptors (Lipinski definition) is 2. The number of alkyl halides is 3. The topological polar surface area (TPSA) is 40.6 Å². The van der Waals surface area contributed by atoms with E-state index < -0.39 is 11.7 Å². The van der Waals surface area contributed by atoms with Crippen molar-refractivity contribution in [1.82, 2.24) is 9.80 Å². The van der Waals surface area contributed by atoms with Crippen LogP contribution in [0.3, 0.4) is 0 Å². The van der Waals surface area contributed by atoms with Crippen LogP contribution in [0.2, 0.25) is 0 Å². The minimum absolute atomic E-state index is 0.00862. The molecule has 0 aliphatic carbocycles. The number of likely N-dealkylation sites (tertiary alicyclic amines) is 1. The number of amides is 2. The van der Waals surface area contributed by atoms with Gasteiger partial charge >= 0.3 is 6.18 Å². The molecule has 1 aromatic rings. The molecule has 2 aliphatic heterocycles. The van der Waals surface area contributed by atoms with Crippen LogP contribution in [0.15, 0.2) is 30.3 Å². The molecule has 140 valence electrons.